The fraction of sp³-hybridized carbons (Fsp3) is 0.667. The van der Waals surface area contributed by atoms with Crippen molar-refractivity contribution in [1.82, 2.24) is 0 Å². The van der Waals surface area contributed by atoms with Crippen LogP contribution in [0.5, 0.6) is 0 Å². The summed E-state index contributed by atoms with van der Waals surface area (Å²) in [6.45, 7) is 4.43. The molecule has 1 aromatic carbocycles. The van der Waals surface area contributed by atoms with Crippen LogP contribution >= 0.6 is 0 Å². The lowest BCUT2D eigenvalue weighted by Crippen LogP contribution is -2.08. The van der Waals surface area contributed by atoms with Gasteiger partial charge in [-0.25, -0.2) is 0 Å². The van der Waals surface area contributed by atoms with Crippen LogP contribution in [-0.2, 0) is 0 Å². The highest BCUT2D eigenvalue weighted by atomic mass is 16.3. The topological polar surface area (TPSA) is 20.2 Å². The minimum Gasteiger partial charge on any atom is -0.388 e. The first-order chi connectivity index (χ1) is 9.16. The van der Waals surface area contributed by atoms with Gasteiger partial charge in [0.25, 0.3) is 0 Å². The molecule has 5 atom stereocenters. The average molecular weight is 256 g/mol. The smallest absolute Gasteiger partial charge is 0.0823 e. The summed E-state index contributed by atoms with van der Waals surface area (Å²) in [5, 5.41) is 10.7. The Kier molecular flexibility index (Phi) is 2.57. The Bertz CT molecular complexity index is 459. The van der Waals surface area contributed by atoms with Crippen molar-refractivity contribution in [3.8, 4) is 0 Å². The molecule has 102 valence electrons. The van der Waals surface area contributed by atoms with Gasteiger partial charge in [-0.1, -0.05) is 38.1 Å². The zero-order valence-electron chi connectivity index (χ0n) is 11.9. The average Bonchev–Trinajstić information content (AvgIpc) is 2.85. The molecule has 19 heavy (non-hydrogen) atoms. The lowest BCUT2D eigenvalue weighted by Gasteiger charge is -2.16. The molecule has 1 heteroatoms. The van der Waals surface area contributed by atoms with Crippen molar-refractivity contribution in [2.75, 3.05) is 0 Å². The van der Waals surface area contributed by atoms with E-state index in [4.69, 9.17) is 0 Å². The molecule has 0 saturated heterocycles. The van der Waals surface area contributed by atoms with Gasteiger partial charge in [0.1, 0.15) is 0 Å². The molecule has 1 nitrogen and oxygen atoms in total. The molecule has 0 aromatic heterocycles. The molecule has 1 aromatic rings. The van der Waals surface area contributed by atoms with Crippen LogP contribution in [0.1, 0.15) is 56.3 Å². The lowest BCUT2D eigenvalue weighted by atomic mass is 9.93. The molecule has 0 heterocycles. The van der Waals surface area contributed by atoms with Crippen LogP contribution in [0.15, 0.2) is 24.3 Å². The molecular weight excluding hydrogens is 232 g/mol. The van der Waals surface area contributed by atoms with Gasteiger partial charge in [0, 0.05) is 0 Å². The van der Waals surface area contributed by atoms with Gasteiger partial charge in [0.15, 0.2) is 0 Å². The zero-order valence-corrected chi connectivity index (χ0v) is 11.9. The monoisotopic (exact) mass is 256 g/mol. The molecule has 2 bridgehead atoms. The van der Waals surface area contributed by atoms with Crippen LogP contribution in [0.4, 0.5) is 0 Å². The first-order valence-corrected chi connectivity index (χ1v) is 7.94. The van der Waals surface area contributed by atoms with Gasteiger partial charge in [-0.05, 0) is 65.9 Å². The van der Waals surface area contributed by atoms with E-state index < -0.39 is 0 Å². The molecular formula is C18H24O. The first kappa shape index (κ1) is 12.0. The molecule has 1 N–H and O–H groups in total. The highest BCUT2D eigenvalue weighted by molar-refractivity contribution is 5.29. The van der Waals surface area contributed by atoms with Crippen LogP contribution in [0, 0.1) is 29.6 Å². The molecule has 0 aliphatic heterocycles. The Morgan fingerprint density at radius 3 is 2.00 bits per heavy atom. The van der Waals surface area contributed by atoms with E-state index in [1.165, 1.54) is 24.8 Å². The van der Waals surface area contributed by atoms with Crippen LogP contribution in [0.3, 0.4) is 0 Å². The van der Waals surface area contributed by atoms with Crippen molar-refractivity contribution in [1.29, 1.82) is 0 Å². The number of rotatable bonds is 3. The van der Waals surface area contributed by atoms with Gasteiger partial charge in [-0.3, -0.25) is 0 Å². The predicted molar refractivity (Wildman–Crippen MR) is 76.8 cm³/mol. The standard InChI is InChI=1S/C18H24O/c1-10(2)11-3-5-12(6-4-11)18(19)17-15-13-7-8-14(9-13)16(15)17/h3-6,10,13-19H,7-9H2,1-2H3. The third-order valence-electron chi connectivity index (χ3n) is 6.10. The van der Waals surface area contributed by atoms with Gasteiger partial charge < -0.3 is 5.11 Å². The minimum absolute atomic E-state index is 0.209. The molecule has 5 unspecified atom stereocenters. The highest BCUT2D eigenvalue weighted by Gasteiger charge is 2.66. The Hall–Kier alpha value is -0.820. The number of hydrogen-bond donors (Lipinski definition) is 1. The van der Waals surface area contributed by atoms with Crippen molar-refractivity contribution < 1.29 is 5.11 Å². The number of aliphatic hydroxyl groups excluding tert-OH is 1. The number of fused-ring (bicyclic) bond motifs is 5. The summed E-state index contributed by atoms with van der Waals surface area (Å²) in [6.07, 6.45) is 4.12. The summed E-state index contributed by atoms with van der Waals surface area (Å²) in [5.41, 5.74) is 2.51. The van der Waals surface area contributed by atoms with E-state index in [-0.39, 0.29) is 6.10 Å². The highest BCUT2D eigenvalue weighted by Crippen LogP contribution is 2.72. The van der Waals surface area contributed by atoms with Crippen molar-refractivity contribution in [2.45, 2.75) is 45.1 Å². The molecule has 0 radical (unpaired) electrons. The fourth-order valence-corrected chi connectivity index (χ4v) is 5.12. The summed E-state index contributed by atoms with van der Waals surface area (Å²) >= 11 is 0. The lowest BCUT2D eigenvalue weighted by molar-refractivity contribution is 0.130. The predicted octanol–water partition coefficient (Wildman–Crippen LogP) is 4.14. The summed E-state index contributed by atoms with van der Waals surface area (Å²) < 4.78 is 0. The molecule has 0 spiro atoms. The Morgan fingerprint density at radius 1 is 0.947 bits per heavy atom. The number of aliphatic hydroxyl groups is 1. The first-order valence-electron chi connectivity index (χ1n) is 7.94. The van der Waals surface area contributed by atoms with E-state index in [1.807, 2.05) is 0 Å². The quantitative estimate of drug-likeness (QED) is 0.862. The maximum absolute atomic E-state index is 10.7. The second-order valence-electron chi connectivity index (χ2n) is 7.33. The van der Waals surface area contributed by atoms with E-state index in [0.717, 1.165) is 29.2 Å². The molecule has 4 rings (SSSR count). The third-order valence-corrected chi connectivity index (χ3v) is 6.10. The SMILES string of the molecule is CC(C)c1ccc(C(O)C2C3C4CCC(C4)C32)cc1. The van der Waals surface area contributed by atoms with E-state index in [2.05, 4.69) is 38.1 Å². The fourth-order valence-electron chi connectivity index (χ4n) is 5.12. The van der Waals surface area contributed by atoms with Gasteiger partial charge >= 0.3 is 0 Å². The normalized spacial score (nSPS) is 40.5. The van der Waals surface area contributed by atoms with Crippen LogP contribution in [-0.4, -0.2) is 5.11 Å². The maximum atomic E-state index is 10.7. The summed E-state index contributed by atoms with van der Waals surface area (Å²) in [7, 11) is 0. The maximum Gasteiger partial charge on any atom is 0.0823 e. The van der Waals surface area contributed by atoms with Crippen LogP contribution in [0.25, 0.3) is 0 Å². The zero-order chi connectivity index (χ0) is 13.1. The van der Waals surface area contributed by atoms with E-state index in [9.17, 15) is 5.11 Å². The van der Waals surface area contributed by atoms with E-state index in [0.29, 0.717) is 11.8 Å². The van der Waals surface area contributed by atoms with Gasteiger partial charge in [0.05, 0.1) is 6.10 Å². The minimum atomic E-state index is -0.209. The van der Waals surface area contributed by atoms with Gasteiger partial charge in [-0.2, -0.15) is 0 Å². The summed E-state index contributed by atoms with van der Waals surface area (Å²) in [4.78, 5) is 0. The Labute approximate surface area is 116 Å². The van der Waals surface area contributed by atoms with Crippen molar-refractivity contribution in [3.63, 3.8) is 0 Å². The molecule has 3 fully saturated rings. The Morgan fingerprint density at radius 2 is 1.47 bits per heavy atom. The second-order valence-corrected chi connectivity index (χ2v) is 7.33. The molecule has 0 amide bonds. The third kappa shape index (κ3) is 1.71. The Balaban J connectivity index is 1.51. The molecule has 3 aliphatic carbocycles. The molecule has 3 saturated carbocycles. The van der Waals surface area contributed by atoms with E-state index >= 15 is 0 Å². The summed E-state index contributed by atoms with van der Waals surface area (Å²) in [6, 6.07) is 8.68. The van der Waals surface area contributed by atoms with Crippen molar-refractivity contribution in [2.24, 2.45) is 29.6 Å². The van der Waals surface area contributed by atoms with Crippen LogP contribution in [0.2, 0.25) is 0 Å². The van der Waals surface area contributed by atoms with Crippen molar-refractivity contribution >= 4 is 0 Å². The number of benzene rings is 1. The van der Waals surface area contributed by atoms with Crippen molar-refractivity contribution in [3.05, 3.63) is 35.4 Å². The molecule has 3 aliphatic rings. The van der Waals surface area contributed by atoms with E-state index in [1.54, 1.807) is 0 Å². The van der Waals surface area contributed by atoms with Gasteiger partial charge in [0.2, 0.25) is 0 Å². The van der Waals surface area contributed by atoms with Crippen LogP contribution < -0.4 is 0 Å². The van der Waals surface area contributed by atoms with Gasteiger partial charge in [-0.15, -0.1) is 0 Å². The number of hydrogen-bond acceptors (Lipinski definition) is 1. The largest absolute Gasteiger partial charge is 0.388 e. The summed E-state index contributed by atoms with van der Waals surface area (Å²) in [5.74, 6) is 4.77. The second kappa shape index (κ2) is 4.09.